The Hall–Kier alpha value is -2.00. The van der Waals surface area contributed by atoms with E-state index in [1.54, 1.807) is 13.8 Å². The van der Waals surface area contributed by atoms with Gasteiger partial charge < -0.3 is 10.4 Å². The molecule has 9 heteroatoms. The van der Waals surface area contributed by atoms with E-state index in [9.17, 15) is 18.4 Å². The predicted octanol–water partition coefficient (Wildman–Crippen LogP) is 3.96. The monoisotopic (exact) mass is 372 g/mol. The number of carbonyl (C=O) groups is 2. The number of carboxylic acid groups (broad SMARTS) is 1. The Balaban J connectivity index is 2.05. The lowest BCUT2D eigenvalue weighted by Crippen LogP contribution is -2.26. The Bertz CT molecular complexity index is 748. The van der Waals surface area contributed by atoms with E-state index in [1.165, 1.54) is 24.3 Å². The van der Waals surface area contributed by atoms with Crippen LogP contribution < -0.4 is 5.32 Å². The maximum atomic E-state index is 12.3. The van der Waals surface area contributed by atoms with Gasteiger partial charge in [0.15, 0.2) is 0 Å². The van der Waals surface area contributed by atoms with Crippen molar-refractivity contribution in [2.75, 3.05) is 0 Å². The first kappa shape index (κ1) is 18.3. The normalized spacial score (nSPS) is 12.2. The van der Waals surface area contributed by atoms with Crippen molar-refractivity contribution in [1.29, 1.82) is 0 Å². The molecule has 1 unspecified atom stereocenters. The molecule has 5 nitrogen and oxygen atoms in total. The van der Waals surface area contributed by atoms with Crippen molar-refractivity contribution in [3.8, 4) is 0 Å². The fourth-order valence-corrected chi connectivity index (χ4v) is 3.34. The fourth-order valence-electron chi connectivity index (χ4n) is 1.93. The molecule has 1 atom stereocenters. The Kier molecular flexibility index (Phi) is 5.89. The zero-order chi connectivity index (χ0) is 17.9. The molecule has 2 N–H and O–H groups in total. The number of aryl methyl sites for hydroxylation is 1. The Labute approximate surface area is 145 Å². The highest BCUT2D eigenvalue weighted by molar-refractivity contribution is 7.99. The number of benzene rings is 1. The second kappa shape index (κ2) is 7.71. The largest absolute Gasteiger partial charge is 0.477 e. The van der Waals surface area contributed by atoms with Gasteiger partial charge in [0.2, 0.25) is 0 Å². The van der Waals surface area contributed by atoms with Crippen molar-refractivity contribution in [2.24, 2.45) is 0 Å². The number of aromatic nitrogens is 1. The summed E-state index contributed by atoms with van der Waals surface area (Å²) in [6.45, 7) is 3.29. The molecule has 2 aromatic rings. The third kappa shape index (κ3) is 4.51. The van der Waals surface area contributed by atoms with E-state index in [0.717, 1.165) is 11.3 Å². The molecule has 1 amide bonds. The van der Waals surface area contributed by atoms with Gasteiger partial charge in [-0.25, -0.2) is 9.78 Å². The average Bonchev–Trinajstić information content (AvgIpc) is 2.89. The number of nitrogens with zero attached hydrogens (tertiary/aromatic N) is 1. The molecule has 24 heavy (non-hydrogen) atoms. The molecule has 0 spiro atoms. The highest BCUT2D eigenvalue weighted by atomic mass is 32.2. The van der Waals surface area contributed by atoms with Crippen LogP contribution in [0.25, 0.3) is 0 Å². The first-order valence-electron chi connectivity index (χ1n) is 6.84. The van der Waals surface area contributed by atoms with Crippen LogP contribution in [0, 0.1) is 6.92 Å². The number of amides is 1. The summed E-state index contributed by atoms with van der Waals surface area (Å²) in [5, 5.41) is 12.2. The van der Waals surface area contributed by atoms with Crippen LogP contribution >= 0.6 is 23.1 Å². The van der Waals surface area contributed by atoms with E-state index < -0.39 is 17.8 Å². The average molecular weight is 372 g/mol. The van der Waals surface area contributed by atoms with Crippen molar-refractivity contribution < 1.29 is 23.5 Å². The second-order valence-electron chi connectivity index (χ2n) is 4.87. The molecule has 0 saturated heterocycles. The summed E-state index contributed by atoms with van der Waals surface area (Å²) in [4.78, 5) is 27.9. The summed E-state index contributed by atoms with van der Waals surface area (Å²) < 4.78 is 24.5. The molecule has 0 bridgehead atoms. The molecular weight excluding hydrogens is 358 g/mol. The topological polar surface area (TPSA) is 79.3 Å². The van der Waals surface area contributed by atoms with Crippen molar-refractivity contribution in [1.82, 2.24) is 10.3 Å². The fraction of sp³-hybridized carbons (Fsp3) is 0.267. The van der Waals surface area contributed by atoms with E-state index in [-0.39, 0.29) is 10.8 Å². The number of hydrogen-bond donors (Lipinski definition) is 2. The zero-order valence-corrected chi connectivity index (χ0v) is 14.4. The molecule has 1 aromatic heterocycles. The van der Waals surface area contributed by atoms with Gasteiger partial charge in [0.25, 0.3) is 11.7 Å². The van der Waals surface area contributed by atoms with Crippen LogP contribution in [0.5, 0.6) is 0 Å². The van der Waals surface area contributed by atoms with Crippen LogP contribution in [0.1, 0.15) is 43.7 Å². The summed E-state index contributed by atoms with van der Waals surface area (Å²) in [6, 6.07) is 5.36. The first-order valence-corrected chi connectivity index (χ1v) is 8.54. The van der Waals surface area contributed by atoms with Crippen LogP contribution in [0.15, 0.2) is 29.2 Å². The Morgan fingerprint density at radius 3 is 2.42 bits per heavy atom. The number of thiazole rings is 1. The predicted molar refractivity (Wildman–Crippen MR) is 88.0 cm³/mol. The molecule has 128 valence electrons. The van der Waals surface area contributed by atoms with Crippen LogP contribution in [0.4, 0.5) is 8.78 Å². The number of aromatic carboxylic acids is 1. The minimum Gasteiger partial charge on any atom is -0.477 e. The first-order chi connectivity index (χ1) is 11.3. The summed E-state index contributed by atoms with van der Waals surface area (Å²) in [7, 11) is 0. The van der Waals surface area contributed by atoms with Crippen molar-refractivity contribution in [2.45, 2.75) is 30.5 Å². The van der Waals surface area contributed by atoms with Crippen LogP contribution in [-0.2, 0) is 0 Å². The summed E-state index contributed by atoms with van der Waals surface area (Å²) in [5.41, 5.74) is 0.726. The van der Waals surface area contributed by atoms with Gasteiger partial charge in [0, 0.05) is 10.5 Å². The van der Waals surface area contributed by atoms with Gasteiger partial charge in [-0.15, -0.1) is 11.3 Å². The van der Waals surface area contributed by atoms with Crippen molar-refractivity contribution in [3.63, 3.8) is 0 Å². The van der Waals surface area contributed by atoms with Crippen LogP contribution in [0.2, 0.25) is 0 Å². The number of carbonyl (C=O) groups excluding carboxylic acids is 1. The molecule has 0 aliphatic rings. The molecule has 0 radical (unpaired) electrons. The van der Waals surface area contributed by atoms with E-state index in [0.29, 0.717) is 32.9 Å². The molecule has 0 aliphatic heterocycles. The number of carboxylic acids is 1. The van der Waals surface area contributed by atoms with Crippen LogP contribution in [0.3, 0.4) is 0 Å². The number of rotatable bonds is 6. The highest BCUT2D eigenvalue weighted by Gasteiger charge is 2.19. The van der Waals surface area contributed by atoms with Gasteiger partial charge in [-0.2, -0.15) is 8.78 Å². The van der Waals surface area contributed by atoms with Gasteiger partial charge in [0.1, 0.15) is 9.88 Å². The third-order valence-corrected chi connectivity index (χ3v) is 5.12. The number of nitrogens with one attached hydrogen (secondary N) is 1. The smallest absolute Gasteiger partial charge is 0.347 e. The second-order valence-corrected chi connectivity index (χ2v) is 6.96. The maximum absolute atomic E-state index is 12.3. The minimum atomic E-state index is -2.51. The lowest BCUT2D eigenvalue weighted by atomic mass is 10.2. The van der Waals surface area contributed by atoms with E-state index >= 15 is 0 Å². The molecule has 0 saturated carbocycles. The van der Waals surface area contributed by atoms with E-state index in [1.807, 2.05) is 0 Å². The van der Waals surface area contributed by atoms with E-state index in [4.69, 9.17) is 5.11 Å². The number of alkyl halides is 2. The Morgan fingerprint density at radius 1 is 1.29 bits per heavy atom. The highest BCUT2D eigenvalue weighted by Crippen LogP contribution is 2.26. The molecular formula is C15H14F2N2O3S2. The Morgan fingerprint density at radius 2 is 1.92 bits per heavy atom. The molecule has 2 rings (SSSR count). The van der Waals surface area contributed by atoms with Gasteiger partial charge in [0.05, 0.1) is 11.7 Å². The quantitative estimate of drug-likeness (QED) is 0.751. The lowest BCUT2D eigenvalue weighted by Gasteiger charge is -2.11. The molecule has 1 aromatic carbocycles. The zero-order valence-electron chi connectivity index (χ0n) is 12.7. The lowest BCUT2D eigenvalue weighted by molar-refractivity contribution is 0.0700. The minimum absolute atomic E-state index is 0.138. The van der Waals surface area contributed by atoms with Gasteiger partial charge in [-0.3, -0.25) is 4.79 Å². The van der Waals surface area contributed by atoms with Crippen molar-refractivity contribution in [3.05, 3.63) is 45.4 Å². The molecule has 0 aliphatic carbocycles. The van der Waals surface area contributed by atoms with Gasteiger partial charge in [-0.1, -0.05) is 11.8 Å². The molecule has 0 fully saturated rings. The third-order valence-electron chi connectivity index (χ3n) is 3.07. The van der Waals surface area contributed by atoms with Gasteiger partial charge >= 0.3 is 5.97 Å². The van der Waals surface area contributed by atoms with Crippen molar-refractivity contribution >= 4 is 35.0 Å². The number of halogens is 2. The summed E-state index contributed by atoms with van der Waals surface area (Å²) in [5.74, 6) is -3.95. The number of hydrogen-bond acceptors (Lipinski definition) is 5. The molecule has 1 heterocycles. The van der Waals surface area contributed by atoms with Gasteiger partial charge in [-0.05, 0) is 38.1 Å². The van der Waals surface area contributed by atoms with E-state index in [2.05, 4.69) is 10.3 Å². The standard InChI is InChI=1S/C15H14F2N2O3S2/c1-7-11(14(21)22)24-13(19-7)8(2)18-12(20)9-3-5-10(6-4-9)23-15(16)17/h3-6,8,15H,1-2H3,(H,18,20)(H,21,22). The van der Waals surface area contributed by atoms with Crippen LogP contribution in [-0.4, -0.2) is 27.7 Å². The number of thioether (sulfide) groups is 1. The maximum Gasteiger partial charge on any atom is 0.347 e. The SMILES string of the molecule is Cc1nc(C(C)NC(=O)c2ccc(SC(F)F)cc2)sc1C(=O)O. The summed E-state index contributed by atoms with van der Waals surface area (Å²) >= 11 is 1.42. The summed E-state index contributed by atoms with van der Waals surface area (Å²) in [6.07, 6.45) is 0.